The average Bonchev–Trinajstić information content (AvgIpc) is 2.88. The molecular weight excluding hydrogens is 273 g/mol. The summed E-state index contributed by atoms with van der Waals surface area (Å²) >= 11 is 0. The molecule has 0 saturated carbocycles. The van der Waals surface area contributed by atoms with Gasteiger partial charge in [-0.05, 0) is 18.6 Å². The van der Waals surface area contributed by atoms with Gasteiger partial charge in [-0.3, -0.25) is 9.48 Å². The number of aromatic nitrogens is 3. The maximum Gasteiger partial charge on any atom is 0.255 e. The van der Waals surface area contributed by atoms with Crippen LogP contribution < -0.4 is 10.6 Å². The van der Waals surface area contributed by atoms with Crippen molar-refractivity contribution in [2.45, 2.75) is 19.9 Å². The van der Waals surface area contributed by atoms with Crippen molar-refractivity contribution in [2.75, 3.05) is 11.9 Å². The van der Waals surface area contributed by atoms with Crippen molar-refractivity contribution in [2.24, 2.45) is 7.05 Å². The molecule has 2 heterocycles. The van der Waals surface area contributed by atoms with Crippen LogP contribution in [0, 0.1) is 5.82 Å². The van der Waals surface area contributed by atoms with E-state index < -0.39 is 5.82 Å². The standard InChI is InChI=1S/C14H18FN5O/c1-3-5-16-13-12(7-10(15)8-17-13)14(21)18-9-11-4-6-19-20(11)2/h4,6-8H,3,5,9H2,1-2H3,(H,16,17)(H,18,21). The highest BCUT2D eigenvalue weighted by Gasteiger charge is 2.14. The van der Waals surface area contributed by atoms with Crippen molar-refractivity contribution in [3.8, 4) is 0 Å². The lowest BCUT2D eigenvalue weighted by molar-refractivity contribution is 0.0950. The van der Waals surface area contributed by atoms with E-state index in [1.807, 2.05) is 6.92 Å². The third-order valence-corrected chi connectivity index (χ3v) is 2.99. The minimum Gasteiger partial charge on any atom is -0.369 e. The summed E-state index contributed by atoms with van der Waals surface area (Å²) in [6, 6.07) is 2.99. The zero-order valence-corrected chi connectivity index (χ0v) is 12.1. The molecular formula is C14H18FN5O. The molecule has 0 aliphatic carbocycles. The summed E-state index contributed by atoms with van der Waals surface area (Å²) in [5.41, 5.74) is 1.06. The molecule has 2 aromatic heterocycles. The number of nitrogens with zero attached hydrogens (tertiary/aromatic N) is 3. The maximum absolute atomic E-state index is 13.3. The van der Waals surface area contributed by atoms with Gasteiger partial charge >= 0.3 is 0 Å². The molecule has 0 saturated heterocycles. The zero-order chi connectivity index (χ0) is 15.2. The van der Waals surface area contributed by atoms with Gasteiger partial charge in [0.25, 0.3) is 5.91 Å². The molecule has 0 aliphatic rings. The predicted molar refractivity (Wildman–Crippen MR) is 77.4 cm³/mol. The SMILES string of the molecule is CCCNc1ncc(F)cc1C(=O)NCc1ccnn1C. The smallest absolute Gasteiger partial charge is 0.255 e. The van der Waals surface area contributed by atoms with Gasteiger partial charge in [-0.15, -0.1) is 0 Å². The monoisotopic (exact) mass is 291 g/mol. The summed E-state index contributed by atoms with van der Waals surface area (Å²) in [6.07, 6.45) is 3.63. The van der Waals surface area contributed by atoms with E-state index in [1.165, 1.54) is 6.07 Å². The lowest BCUT2D eigenvalue weighted by Crippen LogP contribution is -2.25. The van der Waals surface area contributed by atoms with Gasteiger partial charge < -0.3 is 10.6 Å². The van der Waals surface area contributed by atoms with Gasteiger partial charge in [0, 0.05) is 19.8 Å². The second-order valence-electron chi connectivity index (χ2n) is 4.61. The van der Waals surface area contributed by atoms with Crippen LogP contribution in [-0.4, -0.2) is 27.2 Å². The van der Waals surface area contributed by atoms with Gasteiger partial charge in [-0.2, -0.15) is 5.10 Å². The van der Waals surface area contributed by atoms with Crippen molar-refractivity contribution in [1.82, 2.24) is 20.1 Å². The Labute approximate surface area is 122 Å². The second kappa shape index (κ2) is 6.83. The molecule has 0 unspecified atom stereocenters. The molecule has 0 fully saturated rings. The minimum absolute atomic E-state index is 0.200. The van der Waals surface area contributed by atoms with Crippen molar-refractivity contribution < 1.29 is 9.18 Å². The molecule has 0 atom stereocenters. The largest absolute Gasteiger partial charge is 0.369 e. The highest BCUT2D eigenvalue weighted by atomic mass is 19.1. The highest BCUT2D eigenvalue weighted by Crippen LogP contribution is 2.14. The first-order chi connectivity index (χ1) is 10.1. The Bertz CT molecular complexity index is 626. The number of anilines is 1. The Balaban J connectivity index is 2.10. The molecule has 2 aromatic rings. The van der Waals surface area contributed by atoms with Crippen LogP contribution in [0.15, 0.2) is 24.5 Å². The normalized spacial score (nSPS) is 10.4. The summed E-state index contributed by atoms with van der Waals surface area (Å²) < 4.78 is 15.0. The fraction of sp³-hybridized carbons (Fsp3) is 0.357. The van der Waals surface area contributed by atoms with Crippen LogP contribution in [0.3, 0.4) is 0 Å². The lowest BCUT2D eigenvalue weighted by Gasteiger charge is -2.11. The number of amides is 1. The topological polar surface area (TPSA) is 71.8 Å². The number of aryl methyl sites for hydroxylation is 1. The van der Waals surface area contributed by atoms with E-state index in [-0.39, 0.29) is 11.5 Å². The van der Waals surface area contributed by atoms with Crippen molar-refractivity contribution in [1.29, 1.82) is 0 Å². The fourth-order valence-corrected chi connectivity index (χ4v) is 1.84. The van der Waals surface area contributed by atoms with Gasteiger partial charge in [-0.25, -0.2) is 9.37 Å². The van der Waals surface area contributed by atoms with Crippen molar-refractivity contribution in [3.05, 3.63) is 41.6 Å². The van der Waals surface area contributed by atoms with Gasteiger partial charge in [0.05, 0.1) is 24.0 Å². The zero-order valence-electron chi connectivity index (χ0n) is 12.1. The van der Waals surface area contributed by atoms with Crippen LogP contribution in [-0.2, 0) is 13.6 Å². The number of carbonyl (C=O) groups is 1. The summed E-state index contributed by atoms with van der Waals surface area (Å²) in [7, 11) is 1.79. The van der Waals surface area contributed by atoms with Crippen LogP contribution >= 0.6 is 0 Å². The Morgan fingerprint density at radius 3 is 2.95 bits per heavy atom. The molecule has 6 nitrogen and oxygen atoms in total. The molecule has 0 spiro atoms. The molecule has 0 radical (unpaired) electrons. The molecule has 112 valence electrons. The number of hydrogen-bond donors (Lipinski definition) is 2. The average molecular weight is 291 g/mol. The van der Waals surface area contributed by atoms with E-state index >= 15 is 0 Å². The van der Waals surface area contributed by atoms with E-state index in [0.717, 1.165) is 18.3 Å². The predicted octanol–water partition coefficient (Wildman–Crippen LogP) is 1.71. The van der Waals surface area contributed by atoms with Crippen LogP contribution in [0.2, 0.25) is 0 Å². The molecule has 7 heteroatoms. The van der Waals surface area contributed by atoms with E-state index in [2.05, 4.69) is 20.7 Å². The number of pyridine rings is 1. The second-order valence-corrected chi connectivity index (χ2v) is 4.61. The summed E-state index contributed by atoms with van der Waals surface area (Å²) in [6.45, 7) is 2.98. The van der Waals surface area contributed by atoms with Gasteiger partial charge in [0.1, 0.15) is 11.6 Å². The van der Waals surface area contributed by atoms with Crippen molar-refractivity contribution >= 4 is 11.7 Å². The van der Waals surface area contributed by atoms with Gasteiger partial charge in [0.15, 0.2) is 0 Å². The van der Waals surface area contributed by atoms with E-state index in [0.29, 0.717) is 18.9 Å². The minimum atomic E-state index is -0.539. The summed E-state index contributed by atoms with van der Waals surface area (Å²) in [5, 5.41) is 9.78. The molecule has 2 N–H and O–H groups in total. The summed E-state index contributed by atoms with van der Waals surface area (Å²) in [4.78, 5) is 16.1. The third kappa shape index (κ3) is 3.77. The number of nitrogens with one attached hydrogen (secondary N) is 2. The quantitative estimate of drug-likeness (QED) is 0.850. The summed E-state index contributed by atoms with van der Waals surface area (Å²) in [5.74, 6) is -0.523. The van der Waals surface area contributed by atoms with Crippen LogP contribution in [0.4, 0.5) is 10.2 Å². The van der Waals surface area contributed by atoms with Gasteiger partial charge in [0.2, 0.25) is 0 Å². The fourth-order valence-electron chi connectivity index (χ4n) is 1.84. The van der Waals surface area contributed by atoms with Crippen LogP contribution in [0.25, 0.3) is 0 Å². The number of carbonyl (C=O) groups excluding carboxylic acids is 1. The van der Waals surface area contributed by atoms with E-state index in [9.17, 15) is 9.18 Å². The number of rotatable bonds is 6. The Morgan fingerprint density at radius 2 is 2.29 bits per heavy atom. The molecule has 1 amide bonds. The first kappa shape index (κ1) is 15.0. The Hall–Kier alpha value is -2.44. The molecule has 0 aromatic carbocycles. The Morgan fingerprint density at radius 1 is 1.48 bits per heavy atom. The Kier molecular flexibility index (Phi) is 4.86. The third-order valence-electron chi connectivity index (χ3n) is 2.99. The first-order valence-corrected chi connectivity index (χ1v) is 6.76. The molecule has 0 aliphatic heterocycles. The van der Waals surface area contributed by atoms with Crippen LogP contribution in [0.5, 0.6) is 0 Å². The van der Waals surface area contributed by atoms with Crippen LogP contribution in [0.1, 0.15) is 29.4 Å². The molecule has 0 bridgehead atoms. The van der Waals surface area contributed by atoms with Crippen molar-refractivity contribution in [3.63, 3.8) is 0 Å². The lowest BCUT2D eigenvalue weighted by atomic mass is 10.2. The molecule has 21 heavy (non-hydrogen) atoms. The number of halogens is 1. The van der Waals surface area contributed by atoms with E-state index in [4.69, 9.17) is 0 Å². The highest BCUT2D eigenvalue weighted by molar-refractivity contribution is 5.98. The van der Waals surface area contributed by atoms with E-state index in [1.54, 1.807) is 24.0 Å². The maximum atomic E-state index is 13.3. The first-order valence-electron chi connectivity index (χ1n) is 6.76. The number of hydrogen-bond acceptors (Lipinski definition) is 4. The molecule has 2 rings (SSSR count). The van der Waals surface area contributed by atoms with Gasteiger partial charge in [-0.1, -0.05) is 6.92 Å².